The summed E-state index contributed by atoms with van der Waals surface area (Å²) < 4.78 is 62.9. The van der Waals surface area contributed by atoms with Gasteiger partial charge in [0.2, 0.25) is 0 Å². The first-order valence-electron chi connectivity index (χ1n) is 18.1. The third-order valence-corrected chi connectivity index (χ3v) is 16.2. The van der Waals surface area contributed by atoms with Gasteiger partial charge in [-0.25, -0.2) is 17.6 Å². The summed E-state index contributed by atoms with van der Waals surface area (Å²) in [7, 11) is -3.09. The summed E-state index contributed by atoms with van der Waals surface area (Å²) in [5.41, 5.74) is 7.26. The van der Waals surface area contributed by atoms with E-state index in [-0.39, 0.29) is 23.3 Å². The Morgan fingerprint density at radius 2 is 0.673 bits per heavy atom. The summed E-state index contributed by atoms with van der Waals surface area (Å²) in [6.45, 7) is 0. The van der Waals surface area contributed by atoms with Gasteiger partial charge in [-0.05, 0) is 129 Å². The van der Waals surface area contributed by atoms with E-state index < -0.39 is 8.07 Å². The minimum atomic E-state index is -3.09. The largest absolute Gasteiger partial charge is 0.309 e. The average molecular weight is 737 g/mol. The summed E-state index contributed by atoms with van der Waals surface area (Å²) in [6.07, 6.45) is 0. The second-order valence-electron chi connectivity index (χ2n) is 14.3. The van der Waals surface area contributed by atoms with Crippen LogP contribution in [0.3, 0.4) is 0 Å². The molecule has 262 valence electrons. The Morgan fingerprint density at radius 3 is 1.04 bits per heavy atom. The van der Waals surface area contributed by atoms with Gasteiger partial charge in [-0.1, -0.05) is 72.8 Å². The van der Waals surface area contributed by atoms with Crippen LogP contribution >= 0.6 is 0 Å². The molecule has 0 amide bonds. The van der Waals surface area contributed by atoms with Crippen LogP contribution in [0.15, 0.2) is 170 Å². The molecule has 0 bridgehead atoms. The van der Waals surface area contributed by atoms with Crippen LogP contribution < -0.4 is 20.7 Å². The zero-order valence-corrected chi connectivity index (χ0v) is 30.1. The van der Waals surface area contributed by atoms with Crippen molar-refractivity contribution in [2.45, 2.75) is 0 Å². The summed E-state index contributed by atoms with van der Waals surface area (Å²) in [4.78, 5) is 0. The molecule has 11 rings (SSSR count). The fourth-order valence-corrected chi connectivity index (χ4v) is 14.5. The lowest BCUT2D eigenvalue weighted by Crippen LogP contribution is -2.72. The van der Waals surface area contributed by atoms with Crippen molar-refractivity contribution >= 4 is 72.4 Å². The first-order chi connectivity index (χ1) is 26.9. The molecule has 0 radical (unpaired) electrons. The van der Waals surface area contributed by atoms with E-state index in [1.807, 2.05) is 0 Å². The third kappa shape index (κ3) is 4.47. The highest BCUT2D eigenvalue weighted by Gasteiger charge is 2.48. The molecule has 2 aromatic heterocycles. The maximum atomic E-state index is 14.7. The van der Waals surface area contributed by atoms with Crippen LogP contribution in [0.5, 0.6) is 0 Å². The molecule has 1 aliphatic heterocycles. The normalized spacial score (nSPS) is 13.2. The van der Waals surface area contributed by atoms with Crippen LogP contribution in [-0.2, 0) is 0 Å². The van der Waals surface area contributed by atoms with Gasteiger partial charge in [0.15, 0.2) is 8.07 Å². The lowest BCUT2D eigenvalue weighted by Gasteiger charge is -2.32. The molecule has 0 fully saturated rings. The Kier molecular flexibility index (Phi) is 6.73. The van der Waals surface area contributed by atoms with Crippen molar-refractivity contribution in [2.24, 2.45) is 0 Å². The van der Waals surface area contributed by atoms with Crippen LogP contribution in [0.1, 0.15) is 0 Å². The van der Waals surface area contributed by atoms with E-state index in [1.54, 1.807) is 24.3 Å². The van der Waals surface area contributed by atoms with Crippen LogP contribution in [0.4, 0.5) is 17.6 Å². The molecule has 7 heteroatoms. The molecule has 0 saturated carbocycles. The van der Waals surface area contributed by atoms with Crippen molar-refractivity contribution in [1.29, 1.82) is 0 Å². The van der Waals surface area contributed by atoms with Gasteiger partial charge in [-0.2, -0.15) is 0 Å². The van der Waals surface area contributed by atoms with Crippen molar-refractivity contribution in [3.8, 4) is 22.5 Å². The summed E-state index contributed by atoms with van der Waals surface area (Å²) in [6, 6.07) is 53.1. The van der Waals surface area contributed by atoms with Crippen molar-refractivity contribution < 1.29 is 17.6 Å². The summed E-state index contributed by atoms with van der Waals surface area (Å²) in [5.74, 6) is -1.52. The maximum Gasteiger partial charge on any atom is 0.181 e. The molecule has 8 aromatic carbocycles. The second kappa shape index (κ2) is 11.6. The fourth-order valence-electron chi connectivity index (χ4n) is 9.27. The first kappa shape index (κ1) is 31.8. The van der Waals surface area contributed by atoms with E-state index in [0.29, 0.717) is 21.5 Å². The molecular weight excluding hydrogens is 709 g/mol. The standard InChI is InChI=1S/C48H28F4N2Si/c49-29-15-19-43-39(23-29)40-24-30(50)16-20-44(40)53(43)33-7-5-9-35(27-33)55(47-13-3-1-11-37(47)38-12-2-4-14-48(38)55)36-10-6-8-34(28-36)54-45-21-17-31(51)25-41(45)42-26-32(52)18-22-46(42)54/h1-28H. The molecular formula is C48H28F4N2Si. The van der Waals surface area contributed by atoms with Crippen molar-refractivity contribution in [3.05, 3.63) is 193 Å². The molecule has 1 aliphatic rings. The van der Waals surface area contributed by atoms with E-state index in [9.17, 15) is 17.6 Å². The van der Waals surface area contributed by atoms with Crippen LogP contribution in [0, 0.1) is 23.3 Å². The summed E-state index contributed by atoms with van der Waals surface area (Å²) in [5, 5.41) is 7.36. The van der Waals surface area contributed by atoms with Gasteiger partial charge in [-0.15, -0.1) is 0 Å². The predicted octanol–water partition coefficient (Wildman–Crippen LogP) is 9.79. The highest BCUT2D eigenvalue weighted by atomic mass is 28.3. The highest BCUT2D eigenvalue weighted by molar-refractivity contribution is 7.22. The zero-order chi connectivity index (χ0) is 37.0. The monoisotopic (exact) mass is 736 g/mol. The Labute approximate surface area is 313 Å². The Bertz CT molecular complexity index is 2900. The first-order valence-corrected chi connectivity index (χ1v) is 20.1. The number of aromatic nitrogens is 2. The molecule has 0 spiro atoms. The predicted molar refractivity (Wildman–Crippen MR) is 218 cm³/mol. The molecule has 0 atom stereocenters. The van der Waals surface area contributed by atoms with Gasteiger partial charge in [0.05, 0.1) is 22.1 Å². The molecule has 0 saturated heterocycles. The average Bonchev–Trinajstić information content (AvgIpc) is 3.81. The number of rotatable bonds is 4. The number of hydrogen-bond donors (Lipinski definition) is 0. The van der Waals surface area contributed by atoms with E-state index in [1.165, 1.54) is 70.0 Å². The summed E-state index contributed by atoms with van der Waals surface area (Å²) >= 11 is 0. The zero-order valence-electron chi connectivity index (χ0n) is 29.1. The van der Waals surface area contributed by atoms with E-state index in [0.717, 1.165) is 43.8 Å². The smallest absolute Gasteiger partial charge is 0.181 e. The van der Waals surface area contributed by atoms with Gasteiger partial charge < -0.3 is 9.13 Å². The van der Waals surface area contributed by atoms with Crippen molar-refractivity contribution in [1.82, 2.24) is 9.13 Å². The van der Waals surface area contributed by atoms with Crippen LogP contribution in [0.25, 0.3) is 66.1 Å². The fraction of sp³-hybridized carbons (Fsp3) is 0. The lowest BCUT2D eigenvalue weighted by atomic mass is 10.1. The number of nitrogens with zero attached hydrogens (tertiary/aromatic N) is 2. The van der Waals surface area contributed by atoms with Crippen molar-refractivity contribution in [3.63, 3.8) is 0 Å². The van der Waals surface area contributed by atoms with Gasteiger partial charge in [0, 0.05) is 32.9 Å². The molecule has 0 unspecified atom stereocenters. The van der Waals surface area contributed by atoms with Gasteiger partial charge in [-0.3, -0.25) is 0 Å². The van der Waals surface area contributed by atoms with Crippen LogP contribution in [0.2, 0.25) is 0 Å². The van der Waals surface area contributed by atoms with E-state index in [2.05, 4.69) is 106 Å². The van der Waals surface area contributed by atoms with E-state index in [4.69, 9.17) is 0 Å². The lowest BCUT2D eigenvalue weighted by molar-refractivity contribution is 0.628. The number of benzene rings is 8. The molecule has 3 heterocycles. The molecule has 0 aliphatic carbocycles. The molecule has 2 nitrogen and oxygen atoms in total. The topological polar surface area (TPSA) is 9.86 Å². The quantitative estimate of drug-likeness (QED) is 0.126. The molecule has 10 aromatic rings. The number of fused-ring (bicyclic) bond motifs is 9. The number of hydrogen-bond acceptors (Lipinski definition) is 0. The van der Waals surface area contributed by atoms with Gasteiger partial charge in [0.25, 0.3) is 0 Å². The van der Waals surface area contributed by atoms with Crippen LogP contribution in [-0.4, -0.2) is 17.2 Å². The SMILES string of the molecule is Fc1ccc2c(c1)c1cc(F)ccc1n2-c1cccc([Si]2(c3cccc(-n4c5ccc(F)cc5c5cc(F)ccc54)c3)c3ccccc3-c3ccccc32)c1. The number of halogens is 4. The third-order valence-electron chi connectivity index (χ3n) is 11.4. The Balaban J connectivity index is 1.22. The minimum Gasteiger partial charge on any atom is -0.309 e. The maximum absolute atomic E-state index is 14.7. The van der Waals surface area contributed by atoms with Crippen molar-refractivity contribution in [2.75, 3.05) is 0 Å². The highest BCUT2D eigenvalue weighted by Crippen LogP contribution is 2.36. The minimum absolute atomic E-state index is 0.381. The molecule has 0 N–H and O–H groups in total. The van der Waals surface area contributed by atoms with Gasteiger partial charge in [0.1, 0.15) is 23.3 Å². The Hall–Kier alpha value is -6.70. The van der Waals surface area contributed by atoms with E-state index >= 15 is 0 Å². The van der Waals surface area contributed by atoms with Gasteiger partial charge >= 0.3 is 0 Å². The second-order valence-corrected chi connectivity index (χ2v) is 18.0. The Morgan fingerprint density at radius 1 is 0.327 bits per heavy atom. The molecule has 55 heavy (non-hydrogen) atoms.